The first-order valence-electron chi connectivity index (χ1n) is 5.59. The molecule has 5 nitrogen and oxygen atoms in total. The molecule has 0 saturated heterocycles. The van der Waals surface area contributed by atoms with Crippen molar-refractivity contribution in [3.63, 3.8) is 0 Å². The van der Waals surface area contributed by atoms with Gasteiger partial charge in [-0.15, -0.1) is 10.2 Å². The van der Waals surface area contributed by atoms with Crippen LogP contribution in [0.3, 0.4) is 0 Å². The fraction of sp³-hybridized carbons (Fsp3) is 0.154. The molecule has 18 heavy (non-hydrogen) atoms. The van der Waals surface area contributed by atoms with Gasteiger partial charge in [-0.2, -0.15) is 5.10 Å². The molecule has 1 aromatic carbocycles. The summed E-state index contributed by atoms with van der Waals surface area (Å²) in [6.45, 7) is 0. The van der Waals surface area contributed by atoms with Crippen molar-refractivity contribution in [2.75, 3.05) is 19.0 Å². The molecule has 0 fully saturated rings. The Morgan fingerprint density at radius 1 is 1.11 bits per heavy atom. The Kier molecular flexibility index (Phi) is 3.86. The van der Waals surface area contributed by atoms with E-state index in [0.717, 1.165) is 5.56 Å². The van der Waals surface area contributed by atoms with Gasteiger partial charge in [-0.05, 0) is 23.8 Å². The predicted molar refractivity (Wildman–Crippen MR) is 73.7 cm³/mol. The first kappa shape index (κ1) is 12.0. The lowest BCUT2D eigenvalue weighted by molar-refractivity contribution is 0.879. The molecule has 0 aliphatic carbocycles. The van der Waals surface area contributed by atoms with Crippen LogP contribution in [0, 0.1) is 0 Å². The molecular weight excluding hydrogens is 226 g/mol. The molecule has 0 spiro atoms. The second-order valence-corrected chi connectivity index (χ2v) is 3.95. The summed E-state index contributed by atoms with van der Waals surface area (Å²) >= 11 is 0. The molecule has 1 heterocycles. The van der Waals surface area contributed by atoms with Crippen molar-refractivity contribution in [2.45, 2.75) is 0 Å². The molecule has 1 aromatic heterocycles. The second-order valence-electron chi connectivity index (χ2n) is 3.95. The minimum absolute atomic E-state index is 1.14. The molecule has 0 aliphatic rings. The average Bonchev–Trinajstić information content (AvgIpc) is 2.88. The predicted octanol–water partition coefficient (Wildman–Crippen LogP) is 1.89. The monoisotopic (exact) mass is 241 g/mol. The lowest BCUT2D eigenvalue weighted by atomic mass is 10.2. The minimum atomic E-state index is 1.14. The standard InChI is InChI=1S/C13H15N5/c1-17(2)13-7-5-12(6-8-13)4-3-9-16-18-10-14-15-11-18/h3-11H,1-2H3/b4-3+,16-9+. The maximum absolute atomic E-state index is 4.10. The quantitative estimate of drug-likeness (QED) is 0.768. The first-order chi connectivity index (χ1) is 8.75. The number of rotatable bonds is 4. The van der Waals surface area contributed by atoms with Crippen LogP contribution in [-0.2, 0) is 0 Å². The fourth-order valence-electron chi connectivity index (χ4n) is 1.41. The molecule has 2 aromatic rings. The van der Waals surface area contributed by atoms with Gasteiger partial charge in [0.05, 0.1) is 0 Å². The summed E-state index contributed by atoms with van der Waals surface area (Å²) in [6, 6.07) is 8.30. The number of anilines is 1. The second kappa shape index (κ2) is 5.77. The maximum atomic E-state index is 4.10. The number of aromatic nitrogens is 3. The Labute approximate surface area is 106 Å². The van der Waals surface area contributed by atoms with E-state index in [1.807, 2.05) is 26.2 Å². The van der Waals surface area contributed by atoms with Crippen molar-refractivity contribution in [3.05, 3.63) is 48.6 Å². The number of allylic oxidation sites excluding steroid dienone is 1. The van der Waals surface area contributed by atoms with Crippen molar-refractivity contribution < 1.29 is 0 Å². The van der Waals surface area contributed by atoms with Crippen LogP contribution in [0.25, 0.3) is 6.08 Å². The van der Waals surface area contributed by atoms with Crippen LogP contribution in [0.15, 0.2) is 48.1 Å². The fourth-order valence-corrected chi connectivity index (χ4v) is 1.41. The van der Waals surface area contributed by atoms with Gasteiger partial charge >= 0.3 is 0 Å². The van der Waals surface area contributed by atoms with E-state index in [-0.39, 0.29) is 0 Å². The van der Waals surface area contributed by atoms with Gasteiger partial charge in [0.15, 0.2) is 0 Å². The van der Waals surface area contributed by atoms with Crippen LogP contribution in [0.5, 0.6) is 0 Å². The summed E-state index contributed by atoms with van der Waals surface area (Å²) in [5, 5.41) is 11.4. The SMILES string of the molecule is CN(C)c1ccc(/C=C/C=N/n2cnnc2)cc1. The third kappa shape index (κ3) is 3.28. The van der Waals surface area contributed by atoms with Gasteiger partial charge in [0.1, 0.15) is 12.7 Å². The van der Waals surface area contributed by atoms with E-state index >= 15 is 0 Å². The van der Waals surface area contributed by atoms with E-state index in [1.54, 1.807) is 10.9 Å². The van der Waals surface area contributed by atoms with E-state index < -0.39 is 0 Å². The van der Waals surface area contributed by atoms with Crippen molar-refractivity contribution in [1.29, 1.82) is 0 Å². The molecule has 0 aliphatic heterocycles. The number of hydrogen-bond donors (Lipinski definition) is 0. The van der Waals surface area contributed by atoms with Gasteiger partial charge in [0, 0.05) is 26.0 Å². The molecule has 0 bridgehead atoms. The zero-order valence-corrected chi connectivity index (χ0v) is 10.4. The van der Waals surface area contributed by atoms with Crippen LogP contribution in [0.1, 0.15) is 5.56 Å². The van der Waals surface area contributed by atoms with E-state index in [9.17, 15) is 0 Å². The van der Waals surface area contributed by atoms with E-state index in [4.69, 9.17) is 0 Å². The average molecular weight is 241 g/mol. The number of hydrogen-bond acceptors (Lipinski definition) is 4. The highest BCUT2D eigenvalue weighted by Crippen LogP contribution is 2.12. The summed E-state index contributed by atoms with van der Waals surface area (Å²) < 4.78 is 1.54. The Bertz CT molecular complexity index is 523. The van der Waals surface area contributed by atoms with Gasteiger partial charge in [-0.25, -0.2) is 4.68 Å². The Morgan fingerprint density at radius 3 is 2.39 bits per heavy atom. The molecule has 0 N–H and O–H groups in total. The molecule has 0 amide bonds. The van der Waals surface area contributed by atoms with Crippen LogP contribution in [0.2, 0.25) is 0 Å². The lowest BCUT2D eigenvalue weighted by Gasteiger charge is -2.11. The molecule has 0 unspecified atom stereocenters. The third-order valence-corrected chi connectivity index (χ3v) is 2.39. The molecule has 0 atom stereocenters. The largest absolute Gasteiger partial charge is 0.378 e. The van der Waals surface area contributed by atoms with E-state index in [0.29, 0.717) is 0 Å². The van der Waals surface area contributed by atoms with Crippen LogP contribution in [-0.4, -0.2) is 35.2 Å². The number of nitrogens with zero attached hydrogens (tertiary/aromatic N) is 5. The maximum Gasteiger partial charge on any atom is 0.141 e. The van der Waals surface area contributed by atoms with Gasteiger partial charge in [-0.1, -0.05) is 18.2 Å². The molecule has 0 saturated carbocycles. The van der Waals surface area contributed by atoms with E-state index in [2.05, 4.69) is 44.5 Å². The molecule has 0 radical (unpaired) electrons. The summed E-state index contributed by atoms with van der Waals surface area (Å²) in [6.07, 6.45) is 8.65. The summed E-state index contributed by atoms with van der Waals surface area (Å²) in [5.74, 6) is 0. The summed E-state index contributed by atoms with van der Waals surface area (Å²) in [5.41, 5.74) is 2.32. The van der Waals surface area contributed by atoms with Gasteiger partial charge in [0.25, 0.3) is 0 Å². The topological polar surface area (TPSA) is 46.3 Å². The molecular formula is C13H15N5. The third-order valence-electron chi connectivity index (χ3n) is 2.39. The first-order valence-corrected chi connectivity index (χ1v) is 5.59. The highest BCUT2D eigenvalue weighted by atomic mass is 15.4. The van der Waals surface area contributed by atoms with Crippen LogP contribution in [0.4, 0.5) is 5.69 Å². The zero-order valence-electron chi connectivity index (χ0n) is 10.4. The molecule has 92 valence electrons. The zero-order chi connectivity index (χ0) is 12.8. The van der Waals surface area contributed by atoms with Gasteiger partial charge in [0.2, 0.25) is 0 Å². The summed E-state index contributed by atoms with van der Waals surface area (Å²) in [7, 11) is 4.05. The van der Waals surface area contributed by atoms with Crippen molar-refractivity contribution in [1.82, 2.24) is 14.9 Å². The normalized spacial score (nSPS) is 11.4. The molecule has 5 heteroatoms. The smallest absolute Gasteiger partial charge is 0.141 e. The summed E-state index contributed by atoms with van der Waals surface area (Å²) in [4.78, 5) is 2.07. The van der Waals surface area contributed by atoms with E-state index in [1.165, 1.54) is 18.3 Å². The Balaban J connectivity index is 1.97. The van der Waals surface area contributed by atoms with Crippen molar-refractivity contribution in [2.24, 2.45) is 5.10 Å². The van der Waals surface area contributed by atoms with Crippen molar-refractivity contribution in [3.8, 4) is 0 Å². The van der Waals surface area contributed by atoms with Gasteiger partial charge < -0.3 is 4.90 Å². The Hall–Kier alpha value is -2.43. The van der Waals surface area contributed by atoms with Crippen LogP contribution < -0.4 is 4.90 Å². The van der Waals surface area contributed by atoms with Crippen LogP contribution >= 0.6 is 0 Å². The van der Waals surface area contributed by atoms with Gasteiger partial charge in [-0.3, -0.25) is 0 Å². The highest BCUT2D eigenvalue weighted by molar-refractivity contribution is 5.78. The molecule has 2 rings (SSSR count). The Morgan fingerprint density at radius 2 is 1.78 bits per heavy atom. The minimum Gasteiger partial charge on any atom is -0.378 e. The number of benzene rings is 1. The van der Waals surface area contributed by atoms with Crippen molar-refractivity contribution >= 4 is 18.0 Å². The lowest BCUT2D eigenvalue weighted by Crippen LogP contribution is -2.07. The highest BCUT2D eigenvalue weighted by Gasteiger charge is 1.92.